The second-order valence-corrected chi connectivity index (χ2v) is 4.13. The Labute approximate surface area is 94.4 Å². The van der Waals surface area contributed by atoms with Crippen LogP contribution in [-0.2, 0) is 4.74 Å². The Kier molecular flexibility index (Phi) is 3.88. The lowest BCUT2D eigenvalue weighted by Crippen LogP contribution is -3.14. The van der Waals surface area contributed by atoms with Crippen LogP contribution in [-0.4, -0.2) is 38.0 Å². The van der Waals surface area contributed by atoms with Gasteiger partial charge in [-0.25, -0.2) is 4.39 Å². The number of ether oxygens (including phenoxy) is 1. The first-order valence-electron chi connectivity index (χ1n) is 5.60. The predicted molar refractivity (Wildman–Crippen MR) is 57.7 cm³/mol. The van der Waals surface area contributed by atoms with Crippen LogP contribution in [0.4, 0.5) is 4.39 Å². The number of hydrogen-bond acceptors (Lipinski definition) is 2. The van der Waals surface area contributed by atoms with Crippen molar-refractivity contribution in [2.24, 2.45) is 0 Å². The Morgan fingerprint density at radius 3 is 2.50 bits per heavy atom. The van der Waals surface area contributed by atoms with Crippen LogP contribution in [0.3, 0.4) is 0 Å². The summed E-state index contributed by atoms with van der Waals surface area (Å²) < 4.78 is 18.0. The van der Waals surface area contributed by atoms with Crippen molar-refractivity contribution in [2.75, 3.05) is 32.8 Å². The summed E-state index contributed by atoms with van der Waals surface area (Å²) >= 11 is 0. The number of nitrogens with one attached hydrogen (secondary N) is 1. The van der Waals surface area contributed by atoms with Crippen LogP contribution < -0.4 is 4.90 Å². The molecule has 88 valence electrons. The molecular formula is C12H17FNO2+. The second-order valence-electron chi connectivity index (χ2n) is 4.13. The molecule has 1 aliphatic heterocycles. The maximum atomic E-state index is 12.7. The van der Waals surface area contributed by atoms with Gasteiger partial charge in [0.2, 0.25) is 0 Å². The number of morpholine rings is 1. The number of aliphatic hydroxyl groups excluding tert-OH is 1. The van der Waals surface area contributed by atoms with Crippen molar-refractivity contribution >= 4 is 0 Å². The monoisotopic (exact) mass is 226 g/mol. The molecule has 0 bridgehead atoms. The van der Waals surface area contributed by atoms with E-state index in [2.05, 4.69) is 0 Å². The molecule has 1 aliphatic rings. The normalized spacial score (nSPS) is 19.6. The van der Waals surface area contributed by atoms with E-state index in [1.54, 1.807) is 12.1 Å². The molecule has 0 saturated carbocycles. The highest BCUT2D eigenvalue weighted by Gasteiger charge is 2.19. The molecule has 0 amide bonds. The van der Waals surface area contributed by atoms with Gasteiger partial charge in [0, 0.05) is 0 Å². The van der Waals surface area contributed by atoms with E-state index in [1.165, 1.54) is 17.0 Å². The maximum absolute atomic E-state index is 12.7. The first-order chi connectivity index (χ1) is 7.75. The summed E-state index contributed by atoms with van der Waals surface area (Å²) in [6, 6.07) is 6.04. The highest BCUT2D eigenvalue weighted by atomic mass is 19.1. The molecule has 0 radical (unpaired) electrons. The number of aliphatic hydroxyl groups is 1. The summed E-state index contributed by atoms with van der Waals surface area (Å²) in [5.74, 6) is -0.269. The Morgan fingerprint density at radius 2 is 1.88 bits per heavy atom. The third-order valence-electron chi connectivity index (χ3n) is 2.94. The third kappa shape index (κ3) is 3.01. The summed E-state index contributed by atoms with van der Waals surface area (Å²) in [5.41, 5.74) is 0.778. The SMILES string of the molecule is O[C@H](C[NH+]1CCOCC1)c1ccc(F)cc1. The molecule has 3 nitrogen and oxygen atoms in total. The Balaban J connectivity index is 1.91. The van der Waals surface area contributed by atoms with Crippen LogP contribution in [0.2, 0.25) is 0 Å². The van der Waals surface area contributed by atoms with Crippen molar-refractivity contribution in [3.8, 4) is 0 Å². The number of hydrogen-bond donors (Lipinski definition) is 2. The van der Waals surface area contributed by atoms with Gasteiger partial charge in [-0.15, -0.1) is 0 Å². The summed E-state index contributed by atoms with van der Waals surface area (Å²) in [6.45, 7) is 4.03. The molecular weight excluding hydrogens is 209 g/mol. The van der Waals surface area contributed by atoms with E-state index in [1.807, 2.05) is 0 Å². The van der Waals surface area contributed by atoms with Crippen LogP contribution in [0.25, 0.3) is 0 Å². The average molecular weight is 226 g/mol. The first-order valence-corrected chi connectivity index (χ1v) is 5.60. The molecule has 4 heteroatoms. The molecule has 0 aliphatic carbocycles. The molecule has 2 rings (SSSR count). The standard InChI is InChI=1S/C12H16FNO2/c13-11-3-1-10(2-4-11)12(15)9-14-5-7-16-8-6-14/h1-4,12,15H,5-9H2/p+1/t12-/m1/s1. The van der Waals surface area contributed by atoms with Gasteiger partial charge in [-0.3, -0.25) is 0 Å². The molecule has 1 aromatic rings. The number of halogens is 1. The van der Waals surface area contributed by atoms with E-state index >= 15 is 0 Å². The minimum absolute atomic E-state index is 0.269. The van der Waals surface area contributed by atoms with Crippen LogP contribution in [0.1, 0.15) is 11.7 Å². The Bertz CT molecular complexity index is 322. The summed E-state index contributed by atoms with van der Waals surface area (Å²) in [5, 5.41) is 9.98. The number of quaternary nitrogens is 1. The fraction of sp³-hybridized carbons (Fsp3) is 0.500. The predicted octanol–water partition coefficient (Wildman–Crippen LogP) is -0.226. The Hall–Kier alpha value is -0.970. The van der Waals surface area contributed by atoms with E-state index in [4.69, 9.17) is 4.74 Å². The largest absolute Gasteiger partial charge is 0.382 e. The van der Waals surface area contributed by atoms with Gasteiger partial charge in [-0.1, -0.05) is 12.1 Å². The van der Waals surface area contributed by atoms with Crippen LogP contribution in [0, 0.1) is 5.82 Å². The molecule has 0 aromatic heterocycles. The van der Waals surface area contributed by atoms with Gasteiger partial charge >= 0.3 is 0 Å². The number of benzene rings is 1. The van der Waals surface area contributed by atoms with Crippen molar-refractivity contribution in [3.05, 3.63) is 35.6 Å². The van der Waals surface area contributed by atoms with Gasteiger partial charge in [-0.05, 0) is 17.7 Å². The van der Waals surface area contributed by atoms with Gasteiger partial charge in [0.15, 0.2) is 0 Å². The quantitative estimate of drug-likeness (QED) is 0.747. The molecule has 2 N–H and O–H groups in total. The van der Waals surface area contributed by atoms with E-state index in [0.717, 1.165) is 31.9 Å². The third-order valence-corrected chi connectivity index (χ3v) is 2.94. The average Bonchev–Trinajstić information content (AvgIpc) is 2.31. The van der Waals surface area contributed by atoms with E-state index < -0.39 is 6.10 Å². The minimum Gasteiger partial charge on any atom is -0.382 e. The summed E-state index contributed by atoms with van der Waals surface area (Å²) in [6.07, 6.45) is -0.520. The zero-order valence-electron chi connectivity index (χ0n) is 9.16. The smallest absolute Gasteiger partial charge is 0.128 e. The van der Waals surface area contributed by atoms with Crippen molar-refractivity contribution < 1.29 is 19.1 Å². The number of rotatable bonds is 3. The van der Waals surface area contributed by atoms with Crippen LogP contribution in [0.15, 0.2) is 24.3 Å². The molecule has 1 fully saturated rings. The van der Waals surface area contributed by atoms with Crippen LogP contribution in [0.5, 0.6) is 0 Å². The topological polar surface area (TPSA) is 33.9 Å². The maximum Gasteiger partial charge on any atom is 0.128 e. The molecule has 0 unspecified atom stereocenters. The van der Waals surface area contributed by atoms with Crippen molar-refractivity contribution in [3.63, 3.8) is 0 Å². The summed E-state index contributed by atoms with van der Waals surface area (Å²) in [4.78, 5) is 1.34. The fourth-order valence-corrected chi connectivity index (χ4v) is 1.94. The fourth-order valence-electron chi connectivity index (χ4n) is 1.94. The molecule has 16 heavy (non-hydrogen) atoms. The van der Waals surface area contributed by atoms with Crippen molar-refractivity contribution in [1.29, 1.82) is 0 Å². The second kappa shape index (κ2) is 5.39. The van der Waals surface area contributed by atoms with E-state index in [0.29, 0.717) is 6.54 Å². The highest BCUT2D eigenvalue weighted by molar-refractivity contribution is 5.18. The molecule has 1 aromatic carbocycles. The van der Waals surface area contributed by atoms with Crippen molar-refractivity contribution in [1.82, 2.24) is 0 Å². The Morgan fingerprint density at radius 1 is 1.25 bits per heavy atom. The highest BCUT2D eigenvalue weighted by Crippen LogP contribution is 2.11. The summed E-state index contributed by atoms with van der Waals surface area (Å²) in [7, 11) is 0. The van der Waals surface area contributed by atoms with Gasteiger partial charge in [0.1, 0.15) is 31.6 Å². The van der Waals surface area contributed by atoms with Gasteiger partial charge in [-0.2, -0.15) is 0 Å². The van der Waals surface area contributed by atoms with E-state index in [-0.39, 0.29) is 5.82 Å². The minimum atomic E-state index is -0.520. The lowest BCUT2D eigenvalue weighted by atomic mass is 10.1. The molecule has 0 spiro atoms. The van der Waals surface area contributed by atoms with Crippen LogP contribution >= 0.6 is 0 Å². The molecule has 1 heterocycles. The zero-order chi connectivity index (χ0) is 11.4. The zero-order valence-corrected chi connectivity index (χ0v) is 9.16. The first kappa shape index (κ1) is 11.5. The van der Waals surface area contributed by atoms with Gasteiger partial charge in [0.05, 0.1) is 13.2 Å². The lowest BCUT2D eigenvalue weighted by molar-refractivity contribution is -0.911. The molecule has 1 saturated heterocycles. The van der Waals surface area contributed by atoms with Crippen molar-refractivity contribution in [2.45, 2.75) is 6.10 Å². The molecule has 1 atom stereocenters. The lowest BCUT2D eigenvalue weighted by Gasteiger charge is -2.25. The van der Waals surface area contributed by atoms with Gasteiger partial charge < -0.3 is 14.7 Å². The van der Waals surface area contributed by atoms with Gasteiger partial charge in [0.25, 0.3) is 0 Å². The van der Waals surface area contributed by atoms with E-state index in [9.17, 15) is 9.50 Å².